The summed E-state index contributed by atoms with van der Waals surface area (Å²) in [6, 6.07) is 15.6. The molecule has 2 aromatic rings. The number of hydrogen-bond acceptors (Lipinski definition) is 3. The van der Waals surface area contributed by atoms with Gasteiger partial charge in [0, 0.05) is 48.6 Å². The Bertz CT molecular complexity index is 840. The third-order valence-corrected chi connectivity index (χ3v) is 6.51. The number of nitrogens with zero attached hydrogens (tertiary/aromatic N) is 2. The van der Waals surface area contributed by atoms with E-state index in [0.717, 1.165) is 30.8 Å². The van der Waals surface area contributed by atoms with Crippen molar-refractivity contribution in [1.82, 2.24) is 0 Å². The molecule has 3 heteroatoms. The molecule has 28 heavy (non-hydrogen) atoms. The summed E-state index contributed by atoms with van der Waals surface area (Å²) < 4.78 is 5.72. The highest BCUT2D eigenvalue weighted by atomic mass is 16.5. The van der Waals surface area contributed by atoms with Crippen molar-refractivity contribution in [1.29, 1.82) is 0 Å². The Morgan fingerprint density at radius 2 is 1.82 bits per heavy atom. The maximum Gasteiger partial charge on any atom is 0.128 e. The summed E-state index contributed by atoms with van der Waals surface area (Å²) in [6.45, 7) is 11.0. The molecule has 0 spiro atoms. The van der Waals surface area contributed by atoms with Gasteiger partial charge in [-0.05, 0) is 44.0 Å². The van der Waals surface area contributed by atoms with Crippen molar-refractivity contribution in [2.24, 2.45) is 0 Å². The predicted octanol–water partition coefficient (Wildman–Crippen LogP) is 5.74. The summed E-state index contributed by atoms with van der Waals surface area (Å²) in [5.74, 6) is 0.928. The van der Waals surface area contributed by atoms with E-state index in [1.165, 1.54) is 16.9 Å². The van der Waals surface area contributed by atoms with Gasteiger partial charge >= 0.3 is 0 Å². The lowest BCUT2D eigenvalue weighted by atomic mass is 9.76. The number of benzene rings is 2. The monoisotopic (exact) mass is 378 g/mol. The molecule has 1 aliphatic heterocycles. The molecule has 0 aromatic heterocycles. The molecule has 2 unspecified atom stereocenters. The number of methoxy groups -OCH3 is 1. The first-order chi connectivity index (χ1) is 13.5. The Kier molecular flexibility index (Phi) is 6.02. The maximum absolute atomic E-state index is 5.72. The van der Waals surface area contributed by atoms with Gasteiger partial charge < -0.3 is 14.5 Å². The molecule has 1 aliphatic rings. The molecule has 0 amide bonds. The summed E-state index contributed by atoms with van der Waals surface area (Å²) in [5.41, 5.74) is 5.23. The molecule has 0 N–H and O–H groups in total. The fourth-order valence-electron chi connectivity index (χ4n) is 4.56. The number of para-hydroxylation sites is 1. The van der Waals surface area contributed by atoms with Crippen LogP contribution in [-0.2, 0) is 5.41 Å². The van der Waals surface area contributed by atoms with E-state index in [1.807, 2.05) is 0 Å². The first-order valence-corrected chi connectivity index (χ1v) is 10.4. The van der Waals surface area contributed by atoms with Crippen LogP contribution in [0.25, 0.3) is 6.08 Å². The van der Waals surface area contributed by atoms with Gasteiger partial charge in [-0.25, -0.2) is 0 Å². The standard InChI is InChI=1S/C25H34N2O/c1-7-25(4)21-12-10-11-13-22(21)26(5)24(25)17-15-19-14-16-20(18-23(19)28-6)27(8-2)9-3/h10-18,24H,7-9H2,1-6H3/b17-15+. The van der Waals surface area contributed by atoms with Crippen LogP contribution in [0.2, 0.25) is 0 Å². The summed E-state index contributed by atoms with van der Waals surface area (Å²) in [6.07, 6.45) is 5.67. The van der Waals surface area contributed by atoms with Gasteiger partial charge in [0.2, 0.25) is 0 Å². The zero-order chi connectivity index (χ0) is 20.3. The Morgan fingerprint density at radius 3 is 2.46 bits per heavy atom. The lowest BCUT2D eigenvalue weighted by Gasteiger charge is -2.32. The van der Waals surface area contributed by atoms with Crippen LogP contribution in [0.3, 0.4) is 0 Å². The van der Waals surface area contributed by atoms with Gasteiger partial charge in [0.05, 0.1) is 13.2 Å². The zero-order valence-electron chi connectivity index (χ0n) is 18.2. The maximum atomic E-state index is 5.72. The Morgan fingerprint density at radius 1 is 1.11 bits per heavy atom. The molecular weight excluding hydrogens is 344 g/mol. The van der Waals surface area contributed by atoms with Crippen LogP contribution in [0.15, 0.2) is 48.5 Å². The summed E-state index contributed by atoms with van der Waals surface area (Å²) in [7, 11) is 3.96. The van der Waals surface area contributed by atoms with Crippen LogP contribution in [0.5, 0.6) is 5.75 Å². The van der Waals surface area contributed by atoms with Crippen LogP contribution >= 0.6 is 0 Å². The van der Waals surface area contributed by atoms with Gasteiger partial charge in [0.15, 0.2) is 0 Å². The van der Waals surface area contributed by atoms with E-state index in [1.54, 1.807) is 7.11 Å². The van der Waals surface area contributed by atoms with Crippen molar-refractivity contribution >= 4 is 17.5 Å². The number of likely N-dealkylation sites (N-methyl/N-ethyl adjacent to an activating group) is 1. The van der Waals surface area contributed by atoms with E-state index in [0.29, 0.717) is 6.04 Å². The normalized spacial score (nSPS) is 21.2. The fourth-order valence-corrected chi connectivity index (χ4v) is 4.56. The number of fused-ring (bicyclic) bond motifs is 1. The van der Waals surface area contributed by atoms with E-state index in [-0.39, 0.29) is 5.41 Å². The molecule has 3 nitrogen and oxygen atoms in total. The molecule has 2 atom stereocenters. The summed E-state index contributed by atoms with van der Waals surface area (Å²) in [5, 5.41) is 0. The lowest BCUT2D eigenvalue weighted by Crippen LogP contribution is -2.39. The number of anilines is 2. The number of ether oxygens (including phenoxy) is 1. The zero-order valence-corrected chi connectivity index (χ0v) is 18.2. The van der Waals surface area contributed by atoms with Crippen LogP contribution in [-0.4, -0.2) is 33.3 Å². The Balaban J connectivity index is 1.93. The van der Waals surface area contributed by atoms with E-state index >= 15 is 0 Å². The molecule has 1 heterocycles. The minimum Gasteiger partial charge on any atom is -0.496 e. The second kappa shape index (κ2) is 8.30. The number of rotatable bonds is 7. The van der Waals surface area contributed by atoms with Crippen molar-refractivity contribution < 1.29 is 4.74 Å². The first kappa shape index (κ1) is 20.3. The molecule has 0 fully saturated rings. The van der Waals surface area contributed by atoms with Crippen molar-refractivity contribution in [2.45, 2.75) is 45.6 Å². The van der Waals surface area contributed by atoms with Gasteiger partial charge in [-0.15, -0.1) is 0 Å². The van der Waals surface area contributed by atoms with E-state index in [2.05, 4.69) is 99.2 Å². The smallest absolute Gasteiger partial charge is 0.128 e. The van der Waals surface area contributed by atoms with Crippen molar-refractivity contribution in [3.05, 3.63) is 59.7 Å². The van der Waals surface area contributed by atoms with Crippen molar-refractivity contribution in [2.75, 3.05) is 37.0 Å². The Labute approximate surface area is 170 Å². The average Bonchev–Trinajstić information content (AvgIpc) is 2.95. The topological polar surface area (TPSA) is 15.7 Å². The predicted molar refractivity (Wildman–Crippen MR) is 122 cm³/mol. The molecule has 150 valence electrons. The Hall–Kier alpha value is -2.42. The minimum absolute atomic E-state index is 0.107. The van der Waals surface area contributed by atoms with Crippen LogP contribution in [0, 0.1) is 0 Å². The van der Waals surface area contributed by atoms with Crippen LogP contribution < -0.4 is 14.5 Å². The van der Waals surface area contributed by atoms with Gasteiger partial charge in [0.1, 0.15) is 5.75 Å². The number of hydrogen-bond donors (Lipinski definition) is 0. The fraction of sp³-hybridized carbons (Fsp3) is 0.440. The van der Waals surface area contributed by atoms with E-state index in [4.69, 9.17) is 4.74 Å². The van der Waals surface area contributed by atoms with E-state index in [9.17, 15) is 0 Å². The SMILES string of the molecule is CCN(CC)c1ccc(/C=C/C2N(C)c3ccccc3C2(C)CC)c(OC)c1. The highest BCUT2D eigenvalue weighted by molar-refractivity contribution is 5.69. The molecular formula is C25H34N2O. The third kappa shape index (κ3) is 3.39. The second-order valence-electron chi connectivity index (χ2n) is 7.80. The van der Waals surface area contributed by atoms with Gasteiger partial charge in [-0.1, -0.05) is 44.2 Å². The molecule has 3 rings (SSSR count). The molecule has 0 saturated heterocycles. The highest BCUT2D eigenvalue weighted by Gasteiger charge is 2.43. The van der Waals surface area contributed by atoms with Crippen LogP contribution in [0.1, 0.15) is 45.2 Å². The van der Waals surface area contributed by atoms with Gasteiger partial charge in [-0.2, -0.15) is 0 Å². The van der Waals surface area contributed by atoms with Gasteiger partial charge in [-0.3, -0.25) is 0 Å². The first-order valence-electron chi connectivity index (χ1n) is 10.4. The molecule has 0 aliphatic carbocycles. The van der Waals surface area contributed by atoms with E-state index < -0.39 is 0 Å². The molecule has 2 aromatic carbocycles. The largest absolute Gasteiger partial charge is 0.496 e. The molecule has 0 bridgehead atoms. The molecule has 0 radical (unpaired) electrons. The van der Waals surface area contributed by atoms with Gasteiger partial charge in [0.25, 0.3) is 0 Å². The van der Waals surface area contributed by atoms with Crippen molar-refractivity contribution in [3.8, 4) is 5.75 Å². The second-order valence-corrected chi connectivity index (χ2v) is 7.80. The van der Waals surface area contributed by atoms with Crippen LogP contribution in [0.4, 0.5) is 11.4 Å². The van der Waals surface area contributed by atoms with Crippen molar-refractivity contribution in [3.63, 3.8) is 0 Å². The lowest BCUT2D eigenvalue weighted by molar-refractivity contribution is 0.413. The average molecular weight is 379 g/mol. The molecule has 0 saturated carbocycles. The summed E-state index contributed by atoms with van der Waals surface area (Å²) in [4.78, 5) is 4.75. The minimum atomic E-state index is 0.107. The quantitative estimate of drug-likeness (QED) is 0.611. The highest BCUT2D eigenvalue weighted by Crippen LogP contribution is 2.47. The third-order valence-electron chi connectivity index (χ3n) is 6.51. The summed E-state index contributed by atoms with van der Waals surface area (Å²) >= 11 is 0.